The fourth-order valence-corrected chi connectivity index (χ4v) is 2.37. The van der Waals surface area contributed by atoms with Crippen LogP contribution in [0.5, 0.6) is 0 Å². The van der Waals surface area contributed by atoms with Gasteiger partial charge < -0.3 is 15.4 Å². The van der Waals surface area contributed by atoms with Crippen molar-refractivity contribution >= 4 is 17.8 Å². The van der Waals surface area contributed by atoms with Crippen LogP contribution in [0.4, 0.5) is 4.39 Å². The van der Waals surface area contributed by atoms with Crippen LogP contribution in [-0.4, -0.2) is 37.0 Å². The van der Waals surface area contributed by atoms with E-state index in [1.807, 2.05) is 6.07 Å². The molecule has 1 aromatic carbocycles. The van der Waals surface area contributed by atoms with Gasteiger partial charge in [-0.15, -0.1) is 0 Å². The first kappa shape index (κ1) is 21.1. The predicted octanol–water partition coefficient (Wildman–Crippen LogP) is 1.08. The highest BCUT2D eigenvalue weighted by atomic mass is 19.1. The number of carbonyl (C=O) groups is 3. The molecule has 0 bridgehead atoms. The molecule has 1 aromatic rings. The van der Waals surface area contributed by atoms with Crippen molar-refractivity contribution in [3.8, 4) is 6.07 Å². The Hall–Kier alpha value is -2.95. The summed E-state index contributed by atoms with van der Waals surface area (Å²) in [5, 5.41) is 13.8. The van der Waals surface area contributed by atoms with Crippen molar-refractivity contribution < 1.29 is 23.5 Å². The minimum atomic E-state index is -1.08. The number of benzene rings is 1. The lowest BCUT2D eigenvalue weighted by Gasteiger charge is -2.22. The monoisotopic (exact) mass is 363 g/mol. The van der Waals surface area contributed by atoms with Crippen LogP contribution in [0, 0.1) is 23.1 Å². The van der Waals surface area contributed by atoms with Gasteiger partial charge in [-0.1, -0.05) is 18.2 Å². The van der Waals surface area contributed by atoms with E-state index in [0.29, 0.717) is 0 Å². The molecule has 0 saturated carbocycles. The van der Waals surface area contributed by atoms with Gasteiger partial charge in [0.2, 0.25) is 11.8 Å². The summed E-state index contributed by atoms with van der Waals surface area (Å²) in [5.41, 5.74) is 0.251. The number of carbonyl (C=O) groups excluding carboxylic acids is 3. The maximum Gasteiger partial charge on any atom is 0.328 e. The molecule has 0 aliphatic carbocycles. The zero-order valence-electron chi connectivity index (χ0n) is 14.9. The molecule has 0 aromatic heterocycles. The molecule has 8 heteroatoms. The van der Waals surface area contributed by atoms with Crippen LogP contribution in [0.1, 0.15) is 25.8 Å². The SMILES string of the molecule is COC(=O)[C@H](C[C@H](C)C#N)NC(=O)[C@@H](Cc1ccccc1F)NC(C)=O. The number of esters is 1. The topological polar surface area (TPSA) is 108 Å². The zero-order valence-corrected chi connectivity index (χ0v) is 14.9. The van der Waals surface area contributed by atoms with Crippen molar-refractivity contribution in [2.45, 2.75) is 38.8 Å². The third kappa shape index (κ3) is 6.51. The van der Waals surface area contributed by atoms with E-state index in [1.54, 1.807) is 13.0 Å². The number of rotatable bonds is 8. The van der Waals surface area contributed by atoms with Crippen LogP contribution in [0.3, 0.4) is 0 Å². The van der Waals surface area contributed by atoms with Crippen LogP contribution < -0.4 is 10.6 Å². The number of nitrogens with one attached hydrogen (secondary N) is 2. The summed E-state index contributed by atoms with van der Waals surface area (Å²) in [5.74, 6) is -2.83. The Balaban J connectivity index is 2.96. The molecule has 2 N–H and O–H groups in total. The van der Waals surface area contributed by atoms with Crippen molar-refractivity contribution in [3.63, 3.8) is 0 Å². The van der Waals surface area contributed by atoms with Crippen molar-refractivity contribution in [3.05, 3.63) is 35.6 Å². The van der Waals surface area contributed by atoms with Gasteiger partial charge in [-0.2, -0.15) is 5.26 Å². The van der Waals surface area contributed by atoms with Gasteiger partial charge in [-0.3, -0.25) is 9.59 Å². The maximum absolute atomic E-state index is 13.9. The third-order valence-corrected chi connectivity index (χ3v) is 3.69. The average molecular weight is 363 g/mol. The highest BCUT2D eigenvalue weighted by Gasteiger charge is 2.28. The number of ether oxygens (including phenoxy) is 1. The first-order valence-corrected chi connectivity index (χ1v) is 8.06. The first-order valence-electron chi connectivity index (χ1n) is 8.06. The van der Waals surface area contributed by atoms with Crippen molar-refractivity contribution in [1.29, 1.82) is 5.26 Å². The molecule has 2 amide bonds. The van der Waals surface area contributed by atoms with Crippen molar-refractivity contribution in [1.82, 2.24) is 10.6 Å². The van der Waals surface area contributed by atoms with Crippen LogP contribution >= 0.6 is 0 Å². The molecule has 140 valence electrons. The molecule has 1 rings (SSSR count). The van der Waals surface area contributed by atoms with E-state index in [-0.39, 0.29) is 18.4 Å². The Morgan fingerprint density at radius 3 is 2.42 bits per heavy atom. The van der Waals surface area contributed by atoms with Crippen LogP contribution in [0.15, 0.2) is 24.3 Å². The molecule has 26 heavy (non-hydrogen) atoms. The van der Waals surface area contributed by atoms with Gasteiger partial charge in [0.15, 0.2) is 0 Å². The summed E-state index contributed by atoms with van der Waals surface area (Å²) in [4.78, 5) is 35.8. The molecular weight excluding hydrogens is 341 g/mol. The van der Waals surface area contributed by atoms with E-state index in [2.05, 4.69) is 15.4 Å². The number of amides is 2. The molecule has 0 heterocycles. The average Bonchev–Trinajstić information content (AvgIpc) is 2.60. The largest absolute Gasteiger partial charge is 0.467 e. The van der Waals surface area contributed by atoms with Crippen LogP contribution in [0.25, 0.3) is 0 Å². The quantitative estimate of drug-likeness (QED) is 0.672. The predicted molar refractivity (Wildman–Crippen MR) is 91.0 cm³/mol. The molecule has 0 unspecified atom stereocenters. The summed E-state index contributed by atoms with van der Waals surface area (Å²) in [6.45, 7) is 2.84. The molecular formula is C18H22FN3O4. The van der Waals surface area contributed by atoms with Gasteiger partial charge in [0, 0.05) is 19.3 Å². The number of halogens is 1. The Kier molecular flexibility index (Phi) is 8.22. The Morgan fingerprint density at radius 2 is 1.88 bits per heavy atom. The molecule has 0 radical (unpaired) electrons. The summed E-state index contributed by atoms with van der Waals surface area (Å²) < 4.78 is 18.5. The standard InChI is InChI=1S/C18H22FN3O4/c1-11(10-20)8-16(18(25)26-3)22-17(24)15(21-12(2)23)9-13-6-4-5-7-14(13)19/h4-7,11,15-16H,8-9H2,1-3H3,(H,21,23)(H,22,24)/t11-,15+,16-/m0/s1. The van der Waals surface area contributed by atoms with Crippen LogP contribution in [-0.2, 0) is 25.5 Å². The fraction of sp³-hybridized carbons (Fsp3) is 0.444. The van der Waals surface area contributed by atoms with Crippen LogP contribution in [0.2, 0.25) is 0 Å². The normalized spacial score (nSPS) is 13.7. The van der Waals surface area contributed by atoms with Gasteiger partial charge in [-0.05, 0) is 25.0 Å². The number of hydrogen-bond acceptors (Lipinski definition) is 5. The van der Waals surface area contributed by atoms with Gasteiger partial charge >= 0.3 is 5.97 Å². The van der Waals surface area contributed by atoms with E-state index in [4.69, 9.17) is 5.26 Å². The molecule has 0 fully saturated rings. The van der Waals surface area contributed by atoms with E-state index in [1.165, 1.54) is 32.2 Å². The fourth-order valence-electron chi connectivity index (χ4n) is 2.37. The molecule has 0 saturated heterocycles. The summed E-state index contributed by atoms with van der Waals surface area (Å²) in [6.07, 6.45) is -0.0266. The second kappa shape index (κ2) is 10.1. The second-order valence-corrected chi connectivity index (χ2v) is 5.90. The number of methoxy groups -OCH3 is 1. The Morgan fingerprint density at radius 1 is 1.23 bits per heavy atom. The number of nitriles is 1. The zero-order chi connectivity index (χ0) is 19.7. The minimum Gasteiger partial charge on any atom is -0.467 e. The van der Waals surface area contributed by atoms with Gasteiger partial charge in [0.25, 0.3) is 0 Å². The Bertz CT molecular complexity index is 702. The van der Waals surface area contributed by atoms with Gasteiger partial charge in [0.05, 0.1) is 13.2 Å². The van der Waals surface area contributed by atoms with Crippen molar-refractivity contribution in [2.75, 3.05) is 7.11 Å². The first-order chi connectivity index (χ1) is 12.3. The smallest absolute Gasteiger partial charge is 0.328 e. The van der Waals surface area contributed by atoms with Crippen molar-refractivity contribution in [2.24, 2.45) is 5.92 Å². The molecule has 3 atom stereocenters. The van der Waals surface area contributed by atoms with Gasteiger partial charge in [0.1, 0.15) is 17.9 Å². The molecule has 0 aliphatic heterocycles. The lowest BCUT2D eigenvalue weighted by atomic mass is 10.0. The van der Waals surface area contributed by atoms with Gasteiger partial charge in [-0.25, -0.2) is 9.18 Å². The molecule has 7 nitrogen and oxygen atoms in total. The van der Waals surface area contributed by atoms with E-state index in [9.17, 15) is 18.8 Å². The highest BCUT2D eigenvalue weighted by Crippen LogP contribution is 2.11. The van der Waals surface area contributed by atoms with E-state index < -0.39 is 41.6 Å². The van der Waals surface area contributed by atoms with E-state index >= 15 is 0 Å². The summed E-state index contributed by atoms with van der Waals surface area (Å²) in [7, 11) is 1.17. The summed E-state index contributed by atoms with van der Waals surface area (Å²) >= 11 is 0. The number of nitrogens with zero attached hydrogens (tertiary/aromatic N) is 1. The maximum atomic E-state index is 13.9. The Labute approximate surface area is 151 Å². The number of hydrogen-bond donors (Lipinski definition) is 2. The second-order valence-electron chi connectivity index (χ2n) is 5.90. The molecule has 0 aliphatic rings. The van der Waals surface area contributed by atoms with E-state index in [0.717, 1.165) is 0 Å². The lowest BCUT2D eigenvalue weighted by molar-refractivity contribution is -0.145. The molecule has 0 spiro atoms. The minimum absolute atomic E-state index is 0.0569. The highest BCUT2D eigenvalue weighted by molar-refractivity contribution is 5.90. The summed E-state index contributed by atoms with van der Waals surface area (Å²) in [6, 6.07) is 5.76. The third-order valence-electron chi connectivity index (χ3n) is 3.69. The lowest BCUT2D eigenvalue weighted by Crippen LogP contribution is -2.52.